The first kappa shape index (κ1) is 20.9. The Hall–Kier alpha value is -3.40. The molecule has 10 heteroatoms. The monoisotopic (exact) mass is 447 g/mol. The van der Waals surface area contributed by atoms with Crippen LogP contribution in [-0.4, -0.2) is 36.0 Å². The third-order valence-electron chi connectivity index (χ3n) is 4.53. The fourth-order valence-corrected chi connectivity index (χ4v) is 3.87. The van der Waals surface area contributed by atoms with Crippen LogP contribution in [0, 0.1) is 6.92 Å². The number of benzene rings is 2. The maximum atomic E-state index is 13.3. The number of fused-ring (bicyclic) bond motifs is 1. The van der Waals surface area contributed by atoms with Gasteiger partial charge < -0.3 is 19.1 Å². The van der Waals surface area contributed by atoms with Gasteiger partial charge in [-0.1, -0.05) is 12.1 Å². The van der Waals surface area contributed by atoms with E-state index in [0.717, 1.165) is 16.2 Å². The van der Waals surface area contributed by atoms with E-state index < -0.39 is 12.3 Å². The second-order valence-corrected chi connectivity index (χ2v) is 8.10. The molecule has 0 bridgehead atoms. The van der Waals surface area contributed by atoms with Crippen molar-refractivity contribution in [3.63, 3.8) is 0 Å². The molecule has 31 heavy (non-hydrogen) atoms. The molecule has 1 aromatic heterocycles. The number of nitrogens with zero attached hydrogens (tertiary/aromatic N) is 3. The van der Waals surface area contributed by atoms with Crippen LogP contribution in [0.15, 0.2) is 53.7 Å². The normalized spacial score (nSPS) is 14.5. The predicted octanol–water partition coefficient (Wildman–Crippen LogP) is 4.33. The van der Waals surface area contributed by atoms with Gasteiger partial charge in [0, 0.05) is 30.7 Å². The average molecular weight is 447 g/mol. The number of rotatable bonds is 4. The highest BCUT2D eigenvalue weighted by Crippen LogP contribution is 2.41. The molecule has 0 radical (unpaired) electrons. The van der Waals surface area contributed by atoms with Crippen molar-refractivity contribution in [2.45, 2.75) is 19.8 Å². The lowest BCUT2D eigenvalue weighted by Gasteiger charge is -2.14. The van der Waals surface area contributed by atoms with E-state index >= 15 is 0 Å². The Labute approximate surface area is 180 Å². The van der Waals surface area contributed by atoms with Gasteiger partial charge in [-0.2, -0.15) is 4.99 Å². The van der Waals surface area contributed by atoms with Crippen molar-refractivity contribution in [2.24, 2.45) is 4.99 Å². The summed E-state index contributed by atoms with van der Waals surface area (Å²) in [5.74, 6) is 0.613. The number of thiazole rings is 1. The van der Waals surface area contributed by atoms with Crippen molar-refractivity contribution in [3.05, 3.63) is 63.9 Å². The summed E-state index contributed by atoms with van der Waals surface area (Å²) < 4.78 is 42.4. The topological polar surface area (TPSA) is 65.3 Å². The zero-order chi connectivity index (χ0) is 22.2. The highest BCUT2D eigenvalue weighted by molar-refractivity contribution is 7.09. The standard InChI is InChI=1S/C21H19F2N3O4S/c1-13-11-26(15-6-9-17-18(10-15)30-21(22,23)29-17)20(31-13)24-19(27)25(2)12-14-4-7-16(28-3)8-5-14/h4-11H,12H2,1-3H3. The fourth-order valence-electron chi connectivity index (χ4n) is 3.05. The van der Waals surface area contributed by atoms with Gasteiger partial charge in [0.05, 0.1) is 12.8 Å². The van der Waals surface area contributed by atoms with Crippen LogP contribution in [0.3, 0.4) is 0 Å². The highest BCUT2D eigenvalue weighted by atomic mass is 32.1. The number of aryl methyl sites for hydroxylation is 1. The summed E-state index contributed by atoms with van der Waals surface area (Å²) in [5, 5.41) is 0. The second kappa shape index (κ2) is 8.03. The average Bonchev–Trinajstić information content (AvgIpc) is 3.24. The van der Waals surface area contributed by atoms with Crippen molar-refractivity contribution in [1.82, 2.24) is 9.47 Å². The van der Waals surface area contributed by atoms with E-state index in [9.17, 15) is 13.6 Å². The molecule has 0 spiro atoms. The third kappa shape index (κ3) is 4.53. The number of hydrogen-bond donors (Lipinski definition) is 0. The van der Waals surface area contributed by atoms with Crippen molar-refractivity contribution in [3.8, 4) is 22.9 Å². The van der Waals surface area contributed by atoms with E-state index in [0.29, 0.717) is 17.0 Å². The Morgan fingerprint density at radius 3 is 2.61 bits per heavy atom. The molecule has 7 nitrogen and oxygen atoms in total. The molecular formula is C21H19F2N3O4S. The van der Waals surface area contributed by atoms with E-state index in [-0.39, 0.29) is 11.5 Å². The summed E-state index contributed by atoms with van der Waals surface area (Å²) in [5.41, 5.74) is 1.45. The molecule has 0 saturated heterocycles. The Kier molecular flexibility index (Phi) is 5.40. The molecule has 0 saturated carbocycles. The summed E-state index contributed by atoms with van der Waals surface area (Å²) in [7, 11) is 3.25. The number of carbonyl (C=O) groups excluding carboxylic acids is 1. The second-order valence-electron chi connectivity index (χ2n) is 6.89. The summed E-state index contributed by atoms with van der Waals surface area (Å²) in [6.45, 7) is 2.24. The number of methoxy groups -OCH3 is 1. The summed E-state index contributed by atoms with van der Waals surface area (Å²) in [6.07, 6.45) is -1.92. The number of carbonyl (C=O) groups is 1. The number of alkyl halides is 2. The van der Waals surface area contributed by atoms with Gasteiger partial charge in [0.15, 0.2) is 16.3 Å². The van der Waals surface area contributed by atoms with E-state index in [1.165, 1.54) is 28.4 Å². The Morgan fingerprint density at radius 2 is 1.90 bits per heavy atom. The van der Waals surface area contributed by atoms with Gasteiger partial charge in [-0.3, -0.25) is 4.57 Å². The smallest absolute Gasteiger partial charge is 0.497 e. The van der Waals surface area contributed by atoms with Gasteiger partial charge in [-0.25, -0.2) is 4.79 Å². The van der Waals surface area contributed by atoms with Gasteiger partial charge >= 0.3 is 12.3 Å². The third-order valence-corrected chi connectivity index (χ3v) is 5.43. The van der Waals surface area contributed by atoms with Crippen LogP contribution in [-0.2, 0) is 6.54 Å². The molecule has 0 atom stereocenters. The van der Waals surface area contributed by atoms with E-state index in [2.05, 4.69) is 14.5 Å². The number of amides is 2. The molecular weight excluding hydrogens is 428 g/mol. The van der Waals surface area contributed by atoms with Crippen molar-refractivity contribution in [1.29, 1.82) is 0 Å². The molecule has 0 N–H and O–H groups in total. The molecule has 2 aromatic carbocycles. The zero-order valence-corrected chi connectivity index (χ0v) is 17.8. The van der Waals surface area contributed by atoms with E-state index in [4.69, 9.17) is 4.74 Å². The lowest BCUT2D eigenvalue weighted by molar-refractivity contribution is -0.286. The van der Waals surface area contributed by atoms with Crippen molar-refractivity contribution < 1.29 is 27.8 Å². The largest absolute Gasteiger partial charge is 0.586 e. The molecule has 1 aliphatic heterocycles. The molecule has 0 unspecified atom stereocenters. The lowest BCUT2D eigenvalue weighted by Crippen LogP contribution is -2.26. The first-order valence-electron chi connectivity index (χ1n) is 9.26. The number of hydrogen-bond acceptors (Lipinski definition) is 5. The maximum absolute atomic E-state index is 13.3. The minimum Gasteiger partial charge on any atom is -0.497 e. The quantitative estimate of drug-likeness (QED) is 0.597. The molecule has 162 valence electrons. The number of ether oxygens (including phenoxy) is 3. The summed E-state index contributed by atoms with van der Waals surface area (Å²) in [6, 6.07) is 11.4. The van der Waals surface area contributed by atoms with Gasteiger partial charge in [0.2, 0.25) is 0 Å². The Bertz CT molecular complexity index is 1190. The number of urea groups is 1. The molecule has 1 aliphatic rings. The zero-order valence-electron chi connectivity index (χ0n) is 17.0. The van der Waals surface area contributed by atoms with Crippen molar-refractivity contribution in [2.75, 3.05) is 14.2 Å². The van der Waals surface area contributed by atoms with Crippen LogP contribution in [0.4, 0.5) is 13.6 Å². The molecule has 0 fully saturated rings. The first-order chi connectivity index (χ1) is 14.7. The minimum absolute atomic E-state index is 0.0462. The first-order valence-corrected chi connectivity index (χ1v) is 10.1. The van der Waals surface area contributed by atoms with Crippen LogP contribution in [0.25, 0.3) is 5.69 Å². The van der Waals surface area contributed by atoms with Crippen LogP contribution >= 0.6 is 11.3 Å². The molecule has 3 aromatic rings. The SMILES string of the molecule is COc1ccc(CN(C)C(=O)N=c2sc(C)cn2-c2ccc3c(c2)OC(F)(F)O3)cc1. The summed E-state index contributed by atoms with van der Waals surface area (Å²) in [4.78, 5) is 19.7. The van der Waals surface area contributed by atoms with E-state index in [1.807, 2.05) is 31.2 Å². The van der Waals surface area contributed by atoms with Crippen molar-refractivity contribution >= 4 is 17.4 Å². The Balaban J connectivity index is 1.58. The Morgan fingerprint density at radius 1 is 1.19 bits per heavy atom. The summed E-state index contributed by atoms with van der Waals surface area (Å²) >= 11 is 1.31. The lowest BCUT2D eigenvalue weighted by atomic mass is 10.2. The molecule has 2 amide bonds. The van der Waals surface area contributed by atoms with Crippen LogP contribution in [0.5, 0.6) is 17.2 Å². The molecule has 0 aliphatic carbocycles. The van der Waals surface area contributed by atoms with Crippen LogP contribution < -0.4 is 19.0 Å². The van der Waals surface area contributed by atoms with Gasteiger partial charge in [0.25, 0.3) is 0 Å². The minimum atomic E-state index is -3.69. The molecule has 2 heterocycles. The van der Waals surface area contributed by atoms with Gasteiger partial charge in [-0.15, -0.1) is 20.1 Å². The fraction of sp³-hybridized carbons (Fsp3) is 0.238. The van der Waals surface area contributed by atoms with Gasteiger partial charge in [-0.05, 0) is 36.8 Å². The molecule has 4 rings (SSSR count). The predicted molar refractivity (Wildman–Crippen MR) is 110 cm³/mol. The van der Waals surface area contributed by atoms with Crippen LogP contribution in [0.2, 0.25) is 0 Å². The maximum Gasteiger partial charge on any atom is 0.586 e. The number of halogens is 2. The number of aromatic nitrogens is 1. The van der Waals surface area contributed by atoms with Crippen LogP contribution in [0.1, 0.15) is 10.4 Å². The van der Waals surface area contributed by atoms with Gasteiger partial charge in [0.1, 0.15) is 5.75 Å². The highest BCUT2D eigenvalue weighted by Gasteiger charge is 2.43. The van der Waals surface area contributed by atoms with E-state index in [1.54, 1.807) is 31.0 Å².